The van der Waals surface area contributed by atoms with Gasteiger partial charge in [0, 0.05) is 19.1 Å². The second-order valence-electron chi connectivity index (χ2n) is 5.27. The largest absolute Gasteiger partial charge is 0.481 e. The Morgan fingerprint density at radius 1 is 1.27 bits per heavy atom. The quantitative estimate of drug-likeness (QED) is 0.780. The molecule has 0 bridgehead atoms. The first-order valence-corrected chi connectivity index (χ1v) is 5.88. The number of carbonyl (C=O) groups is 1. The number of hydrogen-bond donors (Lipinski definition) is 1. The van der Waals surface area contributed by atoms with Gasteiger partial charge in [0.05, 0.1) is 5.92 Å². The maximum absolute atomic E-state index is 10.9. The van der Waals surface area contributed by atoms with Crippen LogP contribution in [0.3, 0.4) is 0 Å². The Labute approximate surface area is 92.5 Å². The number of piperidine rings is 1. The van der Waals surface area contributed by atoms with Gasteiger partial charge < -0.3 is 5.11 Å². The van der Waals surface area contributed by atoms with Crippen LogP contribution in [-0.4, -0.2) is 35.1 Å². The maximum atomic E-state index is 10.9. The van der Waals surface area contributed by atoms with Crippen LogP contribution in [-0.2, 0) is 4.79 Å². The van der Waals surface area contributed by atoms with Crippen LogP contribution in [0.5, 0.6) is 0 Å². The topological polar surface area (TPSA) is 40.5 Å². The molecule has 0 spiro atoms. The third-order valence-electron chi connectivity index (χ3n) is 3.59. The van der Waals surface area contributed by atoms with Crippen molar-refractivity contribution in [2.75, 3.05) is 13.1 Å². The third-order valence-corrected chi connectivity index (χ3v) is 3.59. The fourth-order valence-corrected chi connectivity index (χ4v) is 2.57. The molecule has 15 heavy (non-hydrogen) atoms. The van der Waals surface area contributed by atoms with Crippen molar-refractivity contribution >= 4 is 5.97 Å². The summed E-state index contributed by atoms with van der Waals surface area (Å²) in [6, 6.07) is 0.146. The number of carboxylic acids is 1. The normalized spacial score (nSPS) is 32.3. The zero-order chi connectivity index (χ0) is 11.6. The summed E-state index contributed by atoms with van der Waals surface area (Å²) >= 11 is 0. The number of aliphatic carboxylic acids is 1. The van der Waals surface area contributed by atoms with E-state index in [1.165, 1.54) is 6.42 Å². The molecular formula is C12H23NO2. The Kier molecular flexibility index (Phi) is 4.14. The minimum absolute atomic E-state index is 0.146. The van der Waals surface area contributed by atoms with Gasteiger partial charge in [0.25, 0.3) is 0 Å². The molecule has 4 atom stereocenters. The molecule has 0 aromatic carbocycles. The van der Waals surface area contributed by atoms with E-state index in [1.807, 2.05) is 6.92 Å². The zero-order valence-electron chi connectivity index (χ0n) is 10.2. The lowest BCUT2D eigenvalue weighted by Gasteiger charge is -2.40. The van der Waals surface area contributed by atoms with E-state index in [0.717, 1.165) is 13.1 Å². The Balaban J connectivity index is 2.58. The fraction of sp³-hybridized carbons (Fsp3) is 0.917. The predicted octanol–water partition coefficient (Wildman–Crippen LogP) is 2.07. The molecule has 4 unspecified atom stereocenters. The molecule has 3 nitrogen and oxygen atoms in total. The molecule has 1 aliphatic heterocycles. The second-order valence-corrected chi connectivity index (χ2v) is 5.27. The minimum atomic E-state index is -0.687. The summed E-state index contributed by atoms with van der Waals surface area (Å²) in [5.41, 5.74) is 0. The van der Waals surface area contributed by atoms with E-state index in [2.05, 4.69) is 18.7 Å². The summed E-state index contributed by atoms with van der Waals surface area (Å²) in [4.78, 5) is 13.3. The van der Waals surface area contributed by atoms with Crippen LogP contribution in [0.15, 0.2) is 0 Å². The van der Waals surface area contributed by atoms with Crippen LogP contribution in [0.25, 0.3) is 0 Å². The lowest BCUT2D eigenvalue weighted by molar-refractivity contribution is -0.143. The van der Waals surface area contributed by atoms with Gasteiger partial charge in [0.2, 0.25) is 0 Å². The SMILES string of the molecule is CC1CC(C)CN(C(C)C(C)C(=O)O)C1. The van der Waals surface area contributed by atoms with Crippen molar-refractivity contribution in [3.8, 4) is 0 Å². The molecule has 1 rings (SSSR count). The maximum Gasteiger partial charge on any atom is 0.307 e. The molecule has 3 heteroatoms. The van der Waals surface area contributed by atoms with E-state index < -0.39 is 5.97 Å². The number of likely N-dealkylation sites (tertiary alicyclic amines) is 1. The van der Waals surface area contributed by atoms with Gasteiger partial charge in [-0.15, -0.1) is 0 Å². The van der Waals surface area contributed by atoms with Crippen LogP contribution in [0.4, 0.5) is 0 Å². The molecule has 1 saturated heterocycles. The number of hydrogen-bond acceptors (Lipinski definition) is 2. The van der Waals surface area contributed by atoms with Gasteiger partial charge in [-0.25, -0.2) is 0 Å². The first kappa shape index (κ1) is 12.5. The molecule has 1 N–H and O–H groups in total. The summed E-state index contributed by atoms with van der Waals surface area (Å²) in [6.45, 7) is 10.4. The Hall–Kier alpha value is -0.570. The van der Waals surface area contributed by atoms with Gasteiger partial charge in [-0.3, -0.25) is 9.69 Å². The summed E-state index contributed by atoms with van der Waals surface area (Å²) in [5, 5.41) is 8.99. The lowest BCUT2D eigenvalue weighted by Crippen LogP contribution is -2.47. The van der Waals surface area contributed by atoms with Crippen molar-refractivity contribution in [2.45, 2.75) is 40.2 Å². The van der Waals surface area contributed by atoms with Gasteiger partial charge in [0.15, 0.2) is 0 Å². The summed E-state index contributed by atoms with van der Waals surface area (Å²) in [5.74, 6) is 0.422. The van der Waals surface area contributed by atoms with Gasteiger partial charge >= 0.3 is 5.97 Å². The van der Waals surface area contributed by atoms with Crippen LogP contribution in [0.1, 0.15) is 34.1 Å². The molecule has 1 aliphatic rings. The van der Waals surface area contributed by atoms with E-state index in [9.17, 15) is 4.79 Å². The smallest absolute Gasteiger partial charge is 0.307 e. The molecule has 88 valence electrons. The van der Waals surface area contributed by atoms with Crippen LogP contribution < -0.4 is 0 Å². The van der Waals surface area contributed by atoms with E-state index in [1.54, 1.807) is 6.92 Å². The van der Waals surface area contributed by atoms with Crippen LogP contribution in [0.2, 0.25) is 0 Å². The Bertz CT molecular complexity index is 220. The molecule has 0 aromatic rings. The number of carboxylic acid groups (broad SMARTS) is 1. The average Bonchev–Trinajstić information content (AvgIpc) is 2.13. The van der Waals surface area contributed by atoms with Gasteiger partial charge in [-0.05, 0) is 25.2 Å². The first-order chi connectivity index (χ1) is 6.91. The van der Waals surface area contributed by atoms with Gasteiger partial charge in [-0.1, -0.05) is 20.8 Å². The average molecular weight is 213 g/mol. The molecule has 0 amide bonds. The highest BCUT2D eigenvalue weighted by atomic mass is 16.4. The number of nitrogens with zero attached hydrogens (tertiary/aromatic N) is 1. The van der Waals surface area contributed by atoms with E-state index in [0.29, 0.717) is 11.8 Å². The van der Waals surface area contributed by atoms with Crippen molar-refractivity contribution in [1.29, 1.82) is 0 Å². The van der Waals surface area contributed by atoms with Crippen molar-refractivity contribution in [3.63, 3.8) is 0 Å². The fourth-order valence-electron chi connectivity index (χ4n) is 2.57. The summed E-state index contributed by atoms with van der Waals surface area (Å²) in [6.07, 6.45) is 1.27. The second kappa shape index (κ2) is 4.97. The Morgan fingerprint density at radius 3 is 2.13 bits per heavy atom. The summed E-state index contributed by atoms with van der Waals surface area (Å²) in [7, 11) is 0. The van der Waals surface area contributed by atoms with Gasteiger partial charge in [-0.2, -0.15) is 0 Å². The van der Waals surface area contributed by atoms with Gasteiger partial charge in [0.1, 0.15) is 0 Å². The minimum Gasteiger partial charge on any atom is -0.481 e. The van der Waals surface area contributed by atoms with E-state index in [-0.39, 0.29) is 12.0 Å². The van der Waals surface area contributed by atoms with Crippen molar-refractivity contribution in [1.82, 2.24) is 4.90 Å². The zero-order valence-corrected chi connectivity index (χ0v) is 10.2. The standard InChI is InChI=1S/C12H23NO2/c1-8-5-9(2)7-13(6-8)11(4)10(3)12(14)15/h8-11H,5-7H2,1-4H3,(H,14,15). The van der Waals surface area contributed by atoms with Crippen LogP contribution >= 0.6 is 0 Å². The highest BCUT2D eigenvalue weighted by molar-refractivity contribution is 5.70. The number of rotatable bonds is 3. The molecule has 0 radical (unpaired) electrons. The van der Waals surface area contributed by atoms with Crippen molar-refractivity contribution < 1.29 is 9.90 Å². The molecule has 0 aromatic heterocycles. The Morgan fingerprint density at radius 2 is 1.73 bits per heavy atom. The molecule has 1 heterocycles. The molecule has 0 saturated carbocycles. The predicted molar refractivity (Wildman–Crippen MR) is 60.8 cm³/mol. The summed E-state index contributed by atoms with van der Waals surface area (Å²) < 4.78 is 0. The molecule has 0 aliphatic carbocycles. The van der Waals surface area contributed by atoms with Crippen molar-refractivity contribution in [2.24, 2.45) is 17.8 Å². The van der Waals surface area contributed by atoms with Crippen molar-refractivity contribution in [3.05, 3.63) is 0 Å². The highest BCUT2D eigenvalue weighted by Gasteiger charge is 2.30. The lowest BCUT2D eigenvalue weighted by atomic mass is 9.89. The first-order valence-electron chi connectivity index (χ1n) is 5.88. The monoisotopic (exact) mass is 213 g/mol. The van der Waals surface area contributed by atoms with Crippen LogP contribution in [0, 0.1) is 17.8 Å². The molecule has 1 fully saturated rings. The molecular weight excluding hydrogens is 190 g/mol. The third kappa shape index (κ3) is 3.20. The van der Waals surface area contributed by atoms with E-state index in [4.69, 9.17) is 5.11 Å². The van der Waals surface area contributed by atoms with E-state index >= 15 is 0 Å². The highest BCUT2D eigenvalue weighted by Crippen LogP contribution is 2.24.